The lowest BCUT2D eigenvalue weighted by Crippen LogP contribution is -2.37. The number of aromatic nitrogens is 2. The van der Waals surface area contributed by atoms with Crippen LogP contribution in [0.2, 0.25) is 0 Å². The first-order chi connectivity index (χ1) is 12.2. The molecule has 7 nitrogen and oxygen atoms in total. The van der Waals surface area contributed by atoms with E-state index in [1.54, 1.807) is 24.4 Å². The van der Waals surface area contributed by atoms with E-state index in [1.165, 1.54) is 0 Å². The quantitative estimate of drug-likeness (QED) is 0.920. The van der Waals surface area contributed by atoms with Gasteiger partial charge in [-0.05, 0) is 37.0 Å². The molecule has 1 amide bonds. The molecular formula is C18H21N3O4. The van der Waals surface area contributed by atoms with Gasteiger partial charge in [-0.2, -0.15) is 0 Å². The van der Waals surface area contributed by atoms with Gasteiger partial charge in [0.05, 0.1) is 6.04 Å². The number of nitrogens with one attached hydrogen (secondary N) is 1. The first-order valence-electron chi connectivity index (χ1n) is 8.48. The number of nitrogens with zero attached hydrogens (tertiary/aromatic N) is 2. The molecule has 1 saturated heterocycles. The summed E-state index contributed by atoms with van der Waals surface area (Å²) in [4.78, 5) is 17.3. The summed E-state index contributed by atoms with van der Waals surface area (Å²) in [5, 5.41) is 3.16. The van der Waals surface area contributed by atoms with Gasteiger partial charge in [-0.3, -0.25) is 4.79 Å². The van der Waals surface area contributed by atoms with Gasteiger partial charge in [-0.15, -0.1) is 0 Å². The standard InChI is InChI=1S/C18H21N3O4/c1-21-7-6-19-17(21)16(12-4-8-23-9-5-12)20-18(22)13-2-3-14-15(10-13)25-11-24-14/h2-3,6-7,10,12,16H,4-5,8-9,11H2,1H3,(H,20,22)/t16-/m0/s1. The lowest BCUT2D eigenvalue weighted by atomic mass is 9.90. The fourth-order valence-corrected chi connectivity index (χ4v) is 3.38. The molecule has 25 heavy (non-hydrogen) atoms. The Labute approximate surface area is 145 Å². The summed E-state index contributed by atoms with van der Waals surface area (Å²) >= 11 is 0. The van der Waals surface area contributed by atoms with Crippen LogP contribution >= 0.6 is 0 Å². The Kier molecular flexibility index (Phi) is 4.31. The largest absolute Gasteiger partial charge is 0.454 e. The SMILES string of the molecule is Cn1ccnc1[C@@H](NC(=O)c1ccc2c(c1)OCO2)C1CCOCC1. The lowest BCUT2D eigenvalue weighted by molar-refractivity contribution is 0.0499. The molecule has 0 bridgehead atoms. The molecule has 1 aromatic heterocycles. The number of benzene rings is 1. The Hall–Kier alpha value is -2.54. The summed E-state index contributed by atoms with van der Waals surface area (Å²) in [6, 6.07) is 5.09. The molecule has 4 rings (SSSR count). The predicted octanol–water partition coefficient (Wildman–Crippen LogP) is 2.05. The number of carbonyl (C=O) groups is 1. The van der Waals surface area contributed by atoms with Crippen LogP contribution in [0.4, 0.5) is 0 Å². The van der Waals surface area contributed by atoms with Crippen LogP contribution in [0.15, 0.2) is 30.6 Å². The molecular weight excluding hydrogens is 322 g/mol. The Bertz CT molecular complexity index is 767. The number of carbonyl (C=O) groups excluding carboxylic acids is 1. The van der Waals surface area contributed by atoms with Crippen LogP contribution in [-0.2, 0) is 11.8 Å². The fourth-order valence-electron chi connectivity index (χ4n) is 3.38. The van der Waals surface area contributed by atoms with E-state index < -0.39 is 0 Å². The van der Waals surface area contributed by atoms with Gasteiger partial charge in [0.1, 0.15) is 5.82 Å². The molecule has 2 aliphatic heterocycles. The van der Waals surface area contributed by atoms with E-state index in [0.29, 0.717) is 36.2 Å². The molecule has 2 aromatic rings. The zero-order valence-electron chi connectivity index (χ0n) is 14.1. The maximum absolute atomic E-state index is 12.8. The van der Waals surface area contributed by atoms with E-state index in [9.17, 15) is 4.79 Å². The molecule has 0 saturated carbocycles. The number of rotatable bonds is 4. The van der Waals surface area contributed by atoms with Crippen molar-refractivity contribution in [2.45, 2.75) is 18.9 Å². The summed E-state index contributed by atoms with van der Waals surface area (Å²) in [5.74, 6) is 2.29. The topological polar surface area (TPSA) is 74.6 Å². The van der Waals surface area contributed by atoms with Crippen LogP contribution in [0.1, 0.15) is 35.1 Å². The molecule has 7 heteroatoms. The number of fused-ring (bicyclic) bond motifs is 1. The molecule has 132 valence electrons. The molecule has 1 fully saturated rings. The van der Waals surface area contributed by atoms with E-state index in [-0.39, 0.29) is 18.7 Å². The Morgan fingerprint density at radius 3 is 2.84 bits per heavy atom. The van der Waals surface area contributed by atoms with Crippen molar-refractivity contribution in [2.75, 3.05) is 20.0 Å². The average molecular weight is 343 g/mol. The van der Waals surface area contributed by atoms with Gasteiger partial charge < -0.3 is 24.1 Å². The highest BCUT2D eigenvalue weighted by Gasteiger charge is 2.30. The minimum Gasteiger partial charge on any atom is -0.454 e. The van der Waals surface area contributed by atoms with Gasteiger partial charge in [0, 0.05) is 38.2 Å². The highest BCUT2D eigenvalue weighted by atomic mass is 16.7. The average Bonchev–Trinajstić information content (AvgIpc) is 3.28. The van der Waals surface area contributed by atoms with Crippen molar-refractivity contribution in [1.82, 2.24) is 14.9 Å². The fraction of sp³-hybridized carbons (Fsp3) is 0.444. The summed E-state index contributed by atoms with van der Waals surface area (Å²) in [6.07, 6.45) is 5.46. The van der Waals surface area contributed by atoms with Crippen LogP contribution in [0.25, 0.3) is 0 Å². The molecule has 0 unspecified atom stereocenters. The van der Waals surface area contributed by atoms with E-state index in [2.05, 4.69) is 10.3 Å². The van der Waals surface area contributed by atoms with E-state index in [4.69, 9.17) is 14.2 Å². The van der Waals surface area contributed by atoms with Crippen molar-refractivity contribution in [3.63, 3.8) is 0 Å². The zero-order valence-corrected chi connectivity index (χ0v) is 14.1. The van der Waals surface area contributed by atoms with Gasteiger partial charge >= 0.3 is 0 Å². The van der Waals surface area contributed by atoms with Gasteiger partial charge in [0.2, 0.25) is 6.79 Å². The van der Waals surface area contributed by atoms with Gasteiger partial charge in [-0.25, -0.2) is 4.98 Å². The molecule has 0 radical (unpaired) electrons. The minimum absolute atomic E-state index is 0.141. The second-order valence-corrected chi connectivity index (χ2v) is 6.37. The van der Waals surface area contributed by atoms with E-state index in [1.807, 2.05) is 17.8 Å². The third-order valence-electron chi connectivity index (χ3n) is 4.80. The van der Waals surface area contributed by atoms with Gasteiger partial charge in [-0.1, -0.05) is 0 Å². The normalized spacial score (nSPS) is 18.1. The number of hydrogen-bond acceptors (Lipinski definition) is 5. The minimum atomic E-state index is -0.151. The van der Waals surface area contributed by atoms with Crippen LogP contribution < -0.4 is 14.8 Å². The third kappa shape index (κ3) is 3.19. The Morgan fingerprint density at radius 1 is 1.28 bits per heavy atom. The maximum Gasteiger partial charge on any atom is 0.252 e. The number of imidazole rings is 1. The van der Waals surface area contributed by atoms with E-state index >= 15 is 0 Å². The first-order valence-corrected chi connectivity index (χ1v) is 8.48. The van der Waals surface area contributed by atoms with Crippen molar-refractivity contribution in [1.29, 1.82) is 0 Å². The van der Waals surface area contributed by atoms with Crippen LogP contribution in [0.5, 0.6) is 11.5 Å². The smallest absolute Gasteiger partial charge is 0.252 e. The van der Waals surface area contributed by atoms with Crippen LogP contribution in [0, 0.1) is 5.92 Å². The summed E-state index contributed by atoms with van der Waals surface area (Å²) in [5.41, 5.74) is 0.551. The molecule has 1 atom stereocenters. The second-order valence-electron chi connectivity index (χ2n) is 6.37. The van der Waals surface area contributed by atoms with Crippen molar-refractivity contribution in [2.24, 2.45) is 13.0 Å². The van der Waals surface area contributed by atoms with Crippen molar-refractivity contribution in [3.8, 4) is 11.5 Å². The van der Waals surface area contributed by atoms with Crippen LogP contribution in [-0.4, -0.2) is 35.5 Å². The van der Waals surface area contributed by atoms with Crippen molar-refractivity contribution in [3.05, 3.63) is 42.0 Å². The van der Waals surface area contributed by atoms with Gasteiger partial charge in [0.15, 0.2) is 11.5 Å². The molecule has 0 spiro atoms. The van der Waals surface area contributed by atoms with Crippen LogP contribution in [0.3, 0.4) is 0 Å². The molecule has 1 aromatic carbocycles. The zero-order chi connectivity index (χ0) is 17.2. The number of amides is 1. The summed E-state index contributed by atoms with van der Waals surface area (Å²) in [7, 11) is 1.95. The highest BCUT2D eigenvalue weighted by Crippen LogP contribution is 2.33. The molecule has 3 heterocycles. The van der Waals surface area contributed by atoms with Gasteiger partial charge in [0.25, 0.3) is 5.91 Å². The first kappa shape index (κ1) is 16.0. The number of aryl methyl sites for hydroxylation is 1. The third-order valence-corrected chi connectivity index (χ3v) is 4.80. The second kappa shape index (κ2) is 6.76. The monoisotopic (exact) mass is 343 g/mol. The molecule has 0 aliphatic carbocycles. The number of hydrogen-bond donors (Lipinski definition) is 1. The number of ether oxygens (including phenoxy) is 3. The predicted molar refractivity (Wildman–Crippen MR) is 89.5 cm³/mol. The summed E-state index contributed by atoms with van der Waals surface area (Å²) in [6.45, 7) is 1.62. The molecule has 1 N–H and O–H groups in total. The summed E-state index contributed by atoms with van der Waals surface area (Å²) < 4.78 is 18.1. The maximum atomic E-state index is 12.8. The lowest BCUT2D eigenvalue weighted by Gasteiger charge is -2.30. The Morgan fingerprint density at radius 2 is 2.08 bits per heavy atom. The molecule has 2 aliphatic rings. The van der Waals surface area contributed by atoms with Crippen molar-refractivity contribution < 1.29 is 19.0 Å². The van der Waals surface area contributed by atoms with E-state index in [0.717, 1.165) is 18.7 Å². The Balaban J connectivity index is 1.57. The van der Waals surface area contributed by atoms with Crippen molar-refractivity contribution >= 4 is 5.91 Å². The highest BCUT2D eigenvalue weighted by molar-refractivity contribution is 5.95.